The maximum Gasteiger partial charge on any atom is 0.251 e. The van der Waals surface area contributed by atoms with E-state index in [1.165, 1.54) is 6.20 Å². The van der Waals surface area contributed by atoms with E-state index in [0.29, 0.717) is 5.92 Å². The Morgan fingerprint density at radius 1 is 1.53 bits per heavy atom. The van der Waals surface area contributed by atoms with Crippen molar-refractivity contribution in [3.63, 3.8) is 0 Å². The summed E-state index contributed by atoms with van der Waals surface area (Å²) in [5, 5.41) is 0.550. The van der Waals surface area contributed by atoms with Crippen LogP contribution in [0.4, 0.5) is 0 Å². The third-order valence-electron chi connectivity index (χ3n) is 2.09. The lowest BCUT2D eigenvalue weighted by molar-refractivity contribution is 0.545. The Bertz CT molecular complexity index is 457. The second kappa shape index (κ2) is 6.13. The number of sulfonamides is 1. The van der Waals surface area contributed by atoms with Crippen molar-refractivity contribution in [1.29, 1.82) is 0 Å². The van der Waals surface area contributed by atoms with E-state index in [1.807, 2.05) is 0 Å². The van der Waals surface area contributed by atoms with Crippen LogP contribution >= 0.6 is 22.9 Å². The predicted molar refractivity (Wildman–Crippen MR) is 71.1 cm³/mol. The van der Waals surface area contributed by atoms with E-state index >= 15 is 0 Å². The summed E-state index contributed by atoms with van der Waals surface area (Å²) >= 11 is 7.19. The lowest BCUT2D eigenvalue weighted by Gasteiger charge is -2.12. The van der Waals surface area contributed by atoms with Gasteiger partial charge in [0, 0.05) is 11.9 Å². The molecule has 0 saturated heterocycles. The van der Waals surface area contributed by atoms with Gasteiger partial charge in [0.25, 0.3) is 10.0 Å². The Morgan fingerprint density at radius 3 is 2.65 bits per heavy atom. The van der Waals surface area contributed by atoms with Gasteiger partial charge in [0.15, 0.2) is 4.21 Å². The lowest BCUT2D eigenvalue weighted by atomic mass is 10.1. The zero-order chi connectivity index (χ0) is 13.1. The molecule has 4 nitrogen and oxygen atoms in total. The van der Waals surface area contributed by atoms with Crippen molar-refractivity contribution in [1.82, 2.24) is 9.71 Å². The first-order valence-corrected chi connectivity index (χ1v) is 8.11. The van der Waals surface area contributed by atoms with Gasteiger partial charge in [-0.1, -0.05) is 13.8 Å². The number of hydrogen-bond acceptors (Lipinski definition) is 4. The van der Waals surface area contributed by atoms with E-state index in [-0.39, 0.29) is 16.1 Å². The third-order valence-corrected chi connectivity index (χ3v) is 5.22. The van der Waals surface area contributed by atoms with Gasteiger partial charge in [0.1, 0.15) is 0 Å². The number of halogens is 1. The first-order chi connectivity index (χ1) is 7.81. The molecular weight excluding hydrogens is 280 g/mol. The fourth-order valence-corrected chi connectivity index (χ4v) is 4.09. The van der Waals surface area contributed by atoms with E-state index in [9.17, 15) is 8.42 Å². The average Bonchev–Trinajstić information content (AvgIpc) is 2.62. The van der Waals surface area contributed by atoms with Crippen LogP contribution in [0.2, 0.25) is 0 Å². The van der Waals surface area contributed by atoms with Gasteiger partial charge in [0.05, 0.1) is 11.2 Å². The summed E-state index contributed by atoms with van der Waals surface area (Å²) in [5.41, 5.74) is 0. The normalized spacial score (nSPS) is 14.2. The average molecular weight is 297 g/mol. The van der Waals surface area contributed by atoms with Crippen LogP contribution in [0.25, 0.3) is 0 Å². The molecule has 1 atom stereocenters. The van der Waals surface area contributed by atoms with Crippen LogP contribution in [-0.2, 0) is 10.0 Å². The van der Waals surface area contributed by atoms with Gasteiger partial charge in [-0.15, -0.1) is 22.9 Å². The topological polar surface area (TPSA) is 59.1 Å². The summed E-state index contributed by atoms with van der Waals surface area (Å²) in [6.45, 7) is 6.12. The largest absolute Gasteiger partial charge is 0.251 e. The lowest BCUT2D eigenvalue weighted by Crippen LogP contribution is -2.30. The molecule has 0 aliphatic heterocycles. The molecule has 7 heteroatoms. The Kier molecular flexibility index (Phi) is 5.37. The molecule has 0 radical (unpaired) electrons. The highest BCUT2D eigenvalue weighted by Crippen LogP contribution is 2.18. The molecule has 1 heterocycles. The fraction of sp³-hybridized carbons (Fsp3) is 0.700. The predicted octanol–water partition coefficient (Wildman–Crippen LogP) is 2.38. The molecule has 1 N–H and O–H groups in total. The molecule has 1 aromatic heterocycles. The van der Waals surface area contributed by atoms with Crippen LogP contribution in [0.1, 0.15) is 25.3 Å². The molecule has 0 aliphatic carbocycles. The van der Waals surface area contributed by atoms with Gasteiger partial charge >= 0.3 is 0 Å². The van der Waals surface area contributed by atoms with Crippen molar-refractivity contribution >= 4 is 33.0 Å². The summed E-state index contributed by atoms with van der Waals surface area (Å²) in [5.74, 6) is 0.452. The molecule has 98 valence electrons. The number of thiazole rings is 1. The van der Waals surface area contributed by atoms with Crippen LogP contribution in [-0.4, -0.2) is 25.3 Å². The van der Waals surface area contributed by atoms with Crippen LogP contribution < -0.4 is 4.72 Å². The number of nitrogens with zero attached hydrogens (tertiary/aromatic N) is 1. The van der Waals surface area contributed by atoms with Gasteiger partial charge in [-0.3, -0.25) is 0 Å². The van der Waals surface area contributed by atoms with E-state index < -0.39 is 10.0 Å². The highest BCUT2D eigenvalue weighted by Gasteiger charge is 2.18. The van der Waals surface area contributed by atoms with Gasteiger partial charge in [-0.25, -0.2) is 18.1 Å². The van der Waals surface area contributed by atoms with Crippen molar-refractivity contribution in [3.8, 4) is 0 Å². The number of aryl methyl sites for hydroxylation is 1. The number of rotatable bonds is 6. The van der Waals surface area contributed by atoms with Gasteiger partial charge in [0.2, 0.25) is 0 Å². The maximum absolute atomic E-state index is 11.8. The second-order valence-corrected chi connectivity index (χ2v) is 8.12. The number of hydrogen-bond donors (Lipinski definition) is 1. The zero-order valence-corrected chi connectivity index (χ0v) is 12.5. The van der Waals surface area contributed by atoms with Gasteiger partial charge in [-0.2, -0.15) is 0 Å². The van der Waals surface area contributed by atoms with E-state index in [4.69, 9.17) is 11.6 Å². The quantitative estimate of drug-likeness (QED) is 0.820. The van der Waals surface area contributed by atoms with E-state index in [2.05, 4.69) is 23.6 Å². The Labute approximate surface area is 111 Å². The molecule has 17 heavy (non-hydrogen) atoms. The van der Waals surface area contributed by atoms with E-state index in [0.717, 1.165) is 22.8 Å². The zero-order valence-electron chi connectivity index (χ0n) is 10.1. The van der Waals surface area contributed by atoms with Crippen molar-refractivity contribution in [2.75, 3.05) is 6.54 Å². The summed E-state index contributed by atoms with van der Waals surface area (Å²) in [4.78, 5) is 3.92. The highest BCUT2D eigenvalue weighted by atomic mass is 35.5. The minimum absolute atomic E-state index is 0.182. The molecule has 0 spiro atoms. The molecule has 0 aromatic carbocycles. The number of alkyl halides is 1. The van der Waals surface area contributed by atoms with Crippen molar-refractivity contribution in [2.24, 2.45) is 5.92 Å². The molecule has 0 bridgehead atoms. The van der Waals surface area contributed by atoms with Crippen LogP contribution in [0.3, 0.4) is 0 Å². The smallest absolute Gasteiger partial charge is 0.249 e. The SMILES string of the molecule is Cc1ncc(S(=O)(=O)NCC(Cl)CC(C)C)s1. The minimum Gasteiger partial charge on any atom is -0.249 e. The van der Waals surface area contributed by atoms with E-state index in [1.54, 1.807) is 6.92 Å². The van der Waals surface area contributed by atoms with Crippen LogP contribution in [0.5, 0.6) is 0 Å². The Morgan fingerprint density at radius 2 is 2.18 bits per heavy atom. The van der Waals surface area contributed by atoms with Crippen molar-refractivity contribution in [3.05, 3.63) is 11.2 Å². The summed E-state index contributed by atoms with van der Waals surface area (Å²) in [6.07, 6.45) is 2.15. The molecule has 0 aliphatic rings. The Balaban J connectivity index is 2.56. The summed E-state index contributed by atoms with van der Waals surface area (Å²) < 4.78 is 26.4. The number of nitrogens with one attached hydrogen (secondary N) is 1. The molecule has 0 amide bonds. The third kappa shape index (κ3) is 4.91. The molecule has 1 rings (SSSR count). The van der Waals surface area contributed by atoms with Crippen LogP contribution in [0.15, 0.2) is 10.4 Å². The van der Waals surface area contributed by atoms with Gasteiger partial charge in [-0.05, 0) is 19.3 Å². The fourth-order valence-electron chi connectivity index (χ4n) is 1.33. The Hall–Kier alpha value is -0.170. The van der Waals surface area contributed by atoms with Crippen molar-refractivity contribution < 1.29 is 8.42 Å². The molecular formula is C10H17ClN2O2S2. The molecule has 0 fully saturated rings. The summed E-state index contributed by atoms with van der Waals surface area (Å²) in [6, 6.07) is 0. The molecule has 1 aromatic rings. The minimum atomic E-state index is -3.45. The summed E-state index contributed by atoms with van der Waals surface area (Å²) in [7, 11) is -3.45. The molecule has 1 unspecified atom stereocenters. The maximum atomic E-state index is 11.8. The number of aromatic nitrogens is 1. The second-order valence-electron chi connectivity index (χ2n) is 4.28. The van der Waals surface area contributed by atoms with Crippen LogP contribution in [0, 0.1) is 12.8 Å². The first kappa shape index (κ1) is 14.9. The first-order valence-electron chi connectivity index (χ1n) is 5.37. The standard InChI is InChI=1S/C10H17ClN2O2S2/c1-7(2)4-9(11)5-13-17(14,15)10-6-12-8(3)16-10/h6-7,9,13H,4-5H2,1-3H3. The highest BCUT2D eigenvalue weighted by molar-refractivity contribution is 7.91. The monoisotopic (exact) mass is 296 g/mol. The molecule has 0 saturated carbocycles. The van der Waals surface area contributed by atoms with Crippen molar-refractivity contribution in [2.45, 2.75) is 36.8 Å². The van der Waals surface area contributed by atoms with Gasteiger partial charge < -0.3 is 0 Å².